The number of rotatable bonds is 3. The minimum atomic E-state index is -0.381. The van der Waals surface area contributed by atoms with Gasteiger partial charge in [-0.2, -0.15) is 4.98 Å². The highest BCUT2D eigenvalue weighted by atomic mass is 16.5. The van der Waals surface area contributed by atoms with Crippen molar-refractivity contribution in [3.63, 3.8) is 0 Å². The van der Waals surface area contributed by atoms with Crippen LogP contribution in [0.5, 0.6) is 0 Å². The van der Waals surface area contributed by atoms with Crippen molar-refractivity contribution in [3.05, 3.63) is 46.6 Å². The first-order valence-electron chi connectivity index (χ1n) is 7.21. The molecule has 21 heavy (non-hydrogen) atoms. The normalized spacial score (nSPS) is 25.4. The lowest BCUT2D eigenvalue weighted by Gasteiger charge is -2.21. The maximum absolute atomic E-state index is 6.09. The van der Waals surface area contributed by atoms with E-state index in [1.54, 1.807) is 0 Å². The Morgan fingerprint density at radius 3 is 2.62 bits per heavy atom. The average Bonchev–Trinajstić information content (AvgIpc) is 2.97. The van der Waals surface area contributed by atoms with Gasteiger partial charge in [0.05, 0.1) is 18.6 Å². The fourth-order valence-corrected chi connectivity index (χ4v) is 2.82. The van der Waals surface area contributed by atoms with Crippen molar-refractivity contribution >= 4 is 0 Å². The van der Waals surface area contributed by atoms with Crippen LogP contribution >= 0.6 is 0 Å². The van der Waals surface area contributed by atoms with Gasteiger partial charge in [0, 0.05) is 12.5 Å². The van der Waals surface area contributed by atoms with E-state index in [-0.39, 0.29) is 11.5 Å². The third kappa shape index (κ3) is 2.71. The molecule has 0 aliphatic carbocycles. The van der Waals surface area contributed by atoms with Crippen molar-refractivity contribution in [1.29, 1.82) is 0 Å². The number of hydrogen-bond acceptors (Lipinski definition) is 5. The molecule has 2 atom stereocenters. The van der Waals surface area contributed by atoms with Gasteiger partial charge in [-0.3, -0.25) is 0 Å². The van der Waals surface area contributed by atoms with Gasteiger partial charge in [-0.05, 0) is 26.3 Å². The summed E-state index contributed by atoms with van der Waals surface area (Å²) in [6, 6.07) is 6.35. The SMILES string of the molecule is Cc1cc(C)cc(Cc2noc(C3(C)COCC3N)n2)c1. The molecule has 1 saturated heterocycles. The first kappa shape index (κ1) is 14.2. The van der Waals surface area contributed by atoms with Gasteiger partial charge in [0.25, 0.3) is 0 Å². The molecule has 2 unspecified atom stereocenters. The van der Waals surface area contributed by atoms with Crippen molar-refractivity contribution in [1.82, 2.24) is 10.1 Å². The van der Waals surface area contributed by atoms with E-state index in [0.29, 0.717) is 31.3 Å². The quantitative estimate of drug-likeness (QED) is 0.933. The Bertz CT molecular complexity index is 632. The van der Waals surface area contributed by atoms with Gasteiger partial charge in [0.15, 0.2) is 5.82 Å². The lowest BCUT2D eigenvalue weighted by atomic mass is 9.86. The lowest BCUT2D eigenvalue weighted by Crippen LogP contribution is -2.42. The van der Waals surface area contributed by atoms with E-state index in [1.807, 2.05) is 6.92 Å². The largest absolute Gasteiger partial charge is 0.379 e. The second-order valence-electron chi connectivity index (χ2n) is 6.23. The molecule has 1 aromatic carbocycles. The van der Waals surface area contributed by atoms with E-state index >= 15 is 0 Å². The first-order chi connectivity index (χ1) is 9.97. The third-order valence-corrected chi connectivity index (χ3v) is 4.12. The van der Waals surface area contributed by atoms with Crippen LogP contribution in [-0.4, -0.2) is 29.4 Å². The summed E-state index contributed by atoms with van der Waals surface area (Å²) in [5.74, 6) is 1.27. The Balaban J connectivity index is 1.82. The van der Waals surface area contributed by atoms with Crippen molar-refractivity contribution in [2.24, 2.45) is 5.73 Å². The molecule has 1 fully saturated rings. The van der Waals surface area contributed by atoms with Gasteiger partial charge >= 0.3 is 0 Å². The molecule has 2 heterocycles. The number of hydrogen-bond donors (Lipinski definition) is 1. The lowest BCUT2D eigenvalue weighted by molar-refractivity contribution is 0.169. The van der Waals surface area contributed by atoms with E-state index in [0.717, 1.165) is 0 Å². The summed E-state index contributed by atoms with van der Waals surface area (Å²) < 4.78 is 10.9. The number of nitrogens with two attached hydrogens (primary N) is 1. The van der Waals surface area contributed by atoms with E-state index in [1.165, 1.54) is 16.7 Å². The first-order valence-corrected chi connectivity index (χ1v) is 7.21. The zero-order valence-corrected chi connectivity index (χ0v) is 12.7. The smallest absolute Gasteiger partial charge is 0.236 e. The summed E-state index contributed by atoms with van der Waals surface area (Å²) in [7, 11) is 0. The van der Waals surface area contributed by atoms with Crippen LogP contribution in [0, 0.1) is 13.8 Å². The molecule has 1 aromatic heterocycles. The molecule has 3 rings (SSSR count). The molecule has 5 heteroatoms. The minimum absolute atomic E-state index is 0.105. The summed E-state index contributed by atoms with van der Waals surface area (Å²) in [6.45, 7) is 7.26. The minimum Gasteiger partial charge on any atom is -0.379 e. The molecule has 0 spiro atoms. The van der Waals surface area contributed by atoms with Gasteiger partial charge in [0.2, 0.25) is 5.89 Å². The fraction of sp³-hybridized carbons (Fsp3) is 0.500. The summed E-state index contributed by atoms with van der Waals surface area (Å²) in [5, 5.41) is 4.10. The summed E-state index contributed by atoms with van der Waals surface area (Å²) in [6.07, 6.45) is 0.665. The second kappa shape index (κ2) is 5.24. The fourth-order valence-electron chi connectivity index (χ4n) is 2.82. The highest BCUT2D eigenvalue weighted by Gasteiger charge is 2.44. The standard InChI is InChI=1S/C16H21N3O2/c1-10-4-11(2)6-12(5-10)7-14-18-15(21-19-14)16(3)9-20-8-13(16)17/h4-6,13H,7-9,17H2,1-3H3. The maximum Gasteiger partial charge on any atom is 0.236 e. The molecule has 0 amide bonds. The molecular weight excluding hydrogens is 266 g/mol. The topological polar surface area (TPSA) is 74.2 Å². The highest BCUT2D eigenvalue weighted by molar-refractivity contribution is 5.30. The molecule has 5 nitrogen and oxygen atoms in total. The van der Waals surface area contributed by atoms with Crippen LogP contribution in [0.3, 0.4) is 0 Å². The molecule has 0 saturated carbocycles. The van der Waals surface area contributed by atoms with Crippen LogP contribution in [0.25, 0.3) is 0 Å². The van der Waals surface area contributed by atoms with Gasteiger partial charge < -0.3 is 15.0 Å². The molecule has 112 valence electrons. The number of aromatic nitrogens is 2. The van der Waals surface area contributed by atoms with Gasteiger partial charge in [-0.15, -0.1) is 0 Å². The van der Waals surface area contributed by atoms with Crippen LogP contribution in [-0.2, 0) is 16.6 Å². The summed E-state index contributed by atoms with van der Waals surface area (Å²) in [4.78, 5) is 4.53. The van der Waals surface area contributed by atoms with Crippen LogP contribution in [0.1, 0.15) is 35.3 Å². The Hall–Kier alpha value is -1.72. The second-order valence-corrected chi connectivity index (χ2v) is 6.23. The van der Waals surface area contributed by atoms with Crippen molar-refractivity contribution in [2.75, 3.05) is 13.2 Å². The third-order valence-electron chi connectivity index (χ3n) is 4.12. The van der Waals surface area contributed by atoms with Gasteiger partial charge in [-0.25, -0.2) is 0 Å². The number of nitrogens with zero attached hydrogens (tertiary/aromatic N) is 2. The molecule has 2 aromatic rings. The molecule has 2 N–H and O–H groups in total. The van der Waals surface area contributed by atoms with Crippen molar-refractivity contribution in [2.45, 2.75) is 38.6 Å². The van der Waals surface area contributed by atoms with E-state index in [2.05, 4.69) is 42.2 Å². The highest BCUT2D eigenvalue weighted by Crippen LogP contribution is 2.30. The van der Waals surface area contributed by atoms with Crippen molar-refractivity contribution < 1.29 is 9.26 Å². The van der Waals surface area contributed by atoms with Crippen LogP contribution in [0.2, 0.25) is 0 Å². The zero-order valence-electron chi connectivity index (χ0n) is 12.7. The van der Waals surface area contributed by atoms with E-state index in [4.69, 9.17) is 15.0 Å². The van der Waals surface area contributed by atoms with Crippen LogP contribution in [0.4, 0.5) is 0 Å². The molecule has 0 radical (unpaired) electrons. The van der Waals surface area contributed by atoms with E-state index < -0.39 is 0 Å². The summed E-state index contributed by atoms with van der Waals surface area (Å²) in [5.41, 5.74) is 9.39. The average molecular weight is 287 g/mol. The Kier molecular flexibility index (Phi) is 3.55. The number of benzene rings is 1. The predicted octanol–water partition coefficient (Wildman–Crippen LogP) is 1.89. The molecular formula is C16H21N3O2. The monoisotopic (exact) mass is 287 g/mol. The number of aryl methyl sites for hydroxylation is 2. The zero-order chi connectivity index (χ0) is 15.0. The Morgan fingerprint density at radius 1 is 1.29 bits per heavy atom. The van der Waals surface area contributed by atoms with Gasteiger partial charge in [0.1, 0.15) is 0 Å². The van der Waals surface area contributed by atoms with Crippen LogP contribution < -0.4 is 5.73 Å². The predicted molar refractivity (Wildman–Crippen MR) is 79.2 cm³/mol. The van der Waals surface area contributed by atoms with Crippen molar-refractivity contribution in [3.8, 4) is 0 Å². The molecule has 1 aliphatic heterocycles. The van der Waals surface area contributed by atoms with Gasteiger partial charge in [-0.1, -0.05) is 34.5 Å². The van der Waals surface area contributed by atoms with Crippen LogP contribution in [0.15, 0.2) is 22.7 Å². The Labute approximate surface area is 124 Å². The Morgan fingerprint density at radius 2 is 2.00 bits per heavy atom. The maximum atomic E-state index is 6.09. The summed E-state index contributed by atoms with van der Waals surface area (Å²) >= 11 is 0. The van der Waals surface area contributed by atoms with E-state index in [9.17, 15) is 0 Å². The number of ether oxygens (including phenoxy) is 1. The molecule has 1 aliphatic rings. The molecule has 0 bridgehead atoms.